The van der Waals surface area contributed by atoms with Crippen LogP contribution in [0, 0.1) is 0 Å². The van der Waals surface area contributed by atoms with E-state index in [4.69, 9.17) is 11.6 Å². The van der Waals surface area contributed by atoms with Gasteiger partial charge in [-0.25, -0.2) is 0 Å². The second kappa shape index (κ2) is 6.62. The Hall–Kier alpha value is -2.77. The van der Waals surface area contributed by atoms with Crippen molar-refractivity contribution in [3.63, 3.8) is 0 Å². The molecule has 0 saturated carbocycles. The van der Waals surface area contributed by atoms with Crippen LogP contribution in [0.4, 0.5) is 0 Å². The lowest BCUT2D eigenvalue weighted by Gasteiger charge is -2.07. The highest BCUT2D eigenvalue weighted by atomic mass is 35.5. The lowest BCUT2D eigenvalue weighted by atomic mass is 10.1. The number of amides is 1. The molecular weight excluding hydrogens is 358 g/mol. The molecule has 0 aliphatic rings. The largest absolute Gasteiger partial charge is 0.348 e. The number of fused-ring (bicyclic) bond motifs is 1. The van der Waals surface area contributed by atoms with Gasteiger partial charge in [0.15, 0.2) is 0 Å². The van der Waals surface area contributed by atoms with Gasteiger partial charge < -0.3 is 5.32 Å². The number of rotatable bonds is 4. The highest BCUT2D eigenvalue weighted by Crippen LogP contribution is 2.24. The predicted molar refractivity (Wildman–Crippen MR) is 96.7 cm³/mol. The molecule has 0 fully saturated rings. The van der Waals surface area contributed by atoms with Gasteiger partial charge in [0.1, 0.15) is 11.3 Å². The van der Waals surface area contributed by atoms with Gasteiger partial charge in [-0.2, -0.15) is 9.61 Å². The van der Waals surface area contributed by atoms with Crippen LogP contribution in [0.2, 0.25) is 5.02 Å². The summed E-state index contributed by atoms with van der Waals surface area (Å²) in [5, 5.41) is 16.4. The summed E-state index contributed by atoms with van der Waals surface area (Å²) in [6.07, 6.45) is 1.58. The van der Waals surface area contributed by atoms with Crippen molar-refractivity contribution in [3.8, 4) is 10.6 Å². The molecular formula is C17H12ClN5OS. The average molecular weight is 370 g/mol. The first-order chi connectivity index (χ1) is 12.2. The van der Waals surface area contributed by atoms with E-state index in [1.807, 2.05) is 24.3 Å². The number of carbonyl (C=O) groups is 1. The molecule has 25 heavy (non-hydrogen) atoms. The van der Waals surface area contributed by atoms with Gasteiger partial charge in [-0.3, -0.25) is 4.79 Å². The van der Waals surface area contributed by atoms with Gasteiger partial charge in [0.25, 0.3) is 5.91 Å². The van der Waals surface area contributed by atoms with Crippen LogP contribution in [-0.2, 0) is 6.54 Å². The molecule has 1 amide bonds. The van der Waals surface area contributed by atoms with Crippen molar-refractivity contribution < 1.29 is 4.79 Å². The monoisotopic (exact) mass is 369 g/mol. The van der Waals surface area contributed by atoms with Crippen molar-refractivity contribution in [2.45, 2.75) is 6.54 Å². The third-order valence-corrected chi connectivity index (χ3v) is 4.95. The van der Waals surface area contributed by atoms with Crippen LogP contribution in [-0.4, -0.2) is 25.7 Å². The van der Waals surface area contributed by atoms with Crippen LogP contribution in [0.5, 0.6) is 0 Å². The number of carbonyl (C=O) groups excluding carboxylic acids is 1. The highest BCUT2D eigenvalue weighted by Gasteiger charge is 2.10. The molecule has 2 aromatic carbocycles. The summed E-state index contributed by atoms with van der Waals surface area (Å²) in [7, 11) is 0. The van der Waals surface area contributed by atoms with Gasteiger partial charge in [0.2, 0.25) is 4.96 Å². The number of hydrogen-bond acceptors (Lipinski definition) is 5. The molecule has 0 radical (unpaired) electrons. The molecule has 2 heterocycles. The van der Waals surface area contributed by atoms with Crippen molar-refractivity contribution in [1.82, 2.24) is 25.1 Å². The third-order valence-electron chi connectivity index (χ3n) is 3.66. The zero-order valence-electron chi connectivity index (χ0n) is 12.9. The lowest BCUT2D eigenvalue weighted by molar-refractivity contribution is 0.0951. The molecule has 1 N–H and O–H groups in total. The minimum absolute atomic E-state index is 0.191. The van der Waals surface area contributed by atoms with Crippen molar-refractivity contribution in [2.75, 3.05) is 0 Å². The summed E-state index contributed by atoms with van der Waals surface area (Å²) in [4.78, 5) is 12.9. The molecule has 0 aliphatic carbocycles. The third kappa shape index (κ3) is 3.24. The summed E-state index contributed by atoms with van der Waals surface area (Å²) in [5.41, 5.74) is 2.46. The fourth-order valence-electron chi connectivity index (χ4n) is 2.36. The number of halogens is 1. The van der Waals surface area contributed by atoms with Crippen molar-refractivity contribution >= 4 is 33.8 Å². The van der Waals surface area contributed by atoms with Crippen LogP contribution < -0.4 is 5.32 Å². The van der Waals surface area contributed by atoms with E-state index >= 15 is 0 Å². The Morgan fingerprint density at radius 2 is 1.96 bits per heavy atom. The summed E-state index contributed by atoms with van der Waals surface area (Å²) < 4.78 is 1.65. The lowest BCUT2D eigenvalue weighted by Crippen LogP contribution is -2.23. The van der Waals surface area contributed by atoms with E-state index in [2.05, 4.69) is 20.6 Å². The first-order valence-electron chi connectivity index (χ1n) is 7.49. The minimum atomic E-state index is -0.191. The standard InChI is InChI=1S/C17H12ClN5OS/c18-14-4-2-1-3-13(14)15(24)19-9-11-5-7-12(8-6-11)16-22-23-10-20-21-17(23)25-16/h1-8,10H,9H2,(H,19,24). The number of benzene rings is 2. The molecule has 4 rings (SSSR count). The predicted octanol–water partition coefficient (Wildman–Crippen LogP) is 3.44. The maximum absolute atomic E-state index is 12.2. The van der Waals surface area contributed by atoms with Crippen LogP contribution in [0.25, 0.3) is 15.5 Å². The minimum Gasteiger partial charge on any atom is -0.348 e. The van der Waals surface area contributed by atoms with E-state index in [1.54, 1.807) is 35.1 Å². The smallest absolute Gasteiger partial charge is 0.253 e. The molecule has 0 aliphatic heterocycles. The molecule has 0 unspecified atom stereocenters. The van der Waals surface area contributed by atoms with Gasteiger partial charge in [-0.1, -0.05) is 59.3 Å². The topological polar surface area (TPSA) is 72.2 Å². The molecule has 124 valence electrons. The van der Waals surface area contributed by atoms with Crippen LogP contribution in [0.3, 0.4) is 0 Å². The normalized spacial score (nSPS) is 10.9. The fourth-order valence-corrected chi connectivity index (χ4v) is 3.41. The van der Waals surface area contributed by atoms with Gasteiger partial charge >= 0.3 is 0 Å². The van der Waals surface area contributed by atoms with E-state index in [0.717, 1.165) is 21.1 Å². The van der Waals surface area contributed by atoms with Gasteiger partial charge in [-0.05, 0) is 17.7 Å². The van der Waals surface area contributed by atoms with Crippen molar-refractivity contribution in [2.24, 2.45) is 0 Å². The highest BCUT2D eigenvalue weighted by molar-refractivity contribution is 7.19. The Kier molecular flexibility index (Phi) is 4.17. The second-order valence-electron chi connectivity index (χ2n) is 5.32. The quantitative estimate of drug-likeness (QED) is 0.598. The van der Waals surface area contributed by atoms with E-state index in [9.17, 15) is 4.79 Å². The Morgan fingerprint density at radius 1 is 1.16 bits per heavy atom. The summed E-state index contributed by atoms with van der Waals surface area (Å²) in [6.45, 7) is 0.426. The zero-order valence-corrected chi connectivity index (χ0v) is 14.5. The van der Waals surface area contributed by atoms with Crippen LogP contribution >= 0.6 is 22.9 Å². The molecule has 0 spiro atoms. The SMILES string of the molecule is O=C(NCc1ccc(-c2nn3cnnc3s2)cc1)c1ccccc1Cl. The molecule has 0 bridgehead atoms. The molecule has 6 nitrogen and oxygen atoms in total. The fraction of sp³-hybridized carbons (Fsp3) is 0.0588. The van der Waals surface area contributed by atoms with Crippen molar-refractivity contribution in [3.05, 3.63) is 71.0 Å². The number of aromatic nitrogens is 4. The Balaban J connectivity index is 1.44. The van der Waals surface area contributed by atoms with Crippen LogP contribution in [0.1, 0.15) is 15.9 Å². The second-order valence-corrected chi connectivity index (χ2v) is 6.69. The maximum Gasteiger partial charge on any atom is 0.253 e. The first kappa shape index (κ1) is 15.7. The molecule has 0 saturated heterocycles. The van der Waals surface area contributed by atoms with E-state index in [0.29, 0.717) is 17.1 Å². The summed E-state index contributed by atoms with van der Waals surface area (Å²) >= 11 is 7.51. The van der Waals surface area contributed by atoms with Gasteiger partial charge in [0, 0.05) is 12.1 Å². The van der Waals surface area contributed by atoms with Crippen LogP contribution in [0.15, 0.2) is 54.9 Å². The first-order valence-corrected chi connectivity index (χ1v) is 8.69. The van der Waals surface area contributed by atoms with Crippen molar-refractivity contribution in [1.29, 1.82) is 0 Å². The van der Waals surface area contributed by atoms with E-state index in [-0.39, 0.29) is 5.91 Å². The van der Waals surface area contributed by atoms with E-state index < -0.39 is 0 Å². The van der Waals surface area contributed by atoms with Gasteiger partial charge in [-0.15, -0.1) is 10.2 Å². The zero-order chi connectivity index (χ0) is 17.2. The molecule has 2 aromatic heterocycles. The average Bonchev–Trinajstić information content (AvgIpc) is 3.22. The molecule has 4 aromatic rings. The number of hydrogen-bond donors (Lipinski definition) is 1. The van der Waals surface area contributed by atoms with Gasteiger partial charge in [0.05, 0.1) is 10.6 Å². The Labute approximate surface area is 152 Å². The Bertz CT molecular complexity index is 1010. The molecule has 8 heteroatoms. The number of nitrogens with zero attached hydrogens (tertiary/aromatic N) is 4. The maximum atomic E-state index is 12.2. The Morgan fingerprint density at radius 3 is 2.72 bits per heavy atom. The molecule has 0 atom stereocenters. The summed E-state index contributed by atoms with van der Waals surface area (Å²) in [5.74, 6) is -0.191. The van der Waals surface area contributed by atoms with E-state index in [1.165, 1.54) is 11.3 Å². The number of nitrogens with one attached hydrogen (secondary N) is 1. The summed E-state index contributed by atoms with van der Waals surface area (Å²) in [6, 6.07) is 14.9.